The molecule has 0 atom stereocenters. The van der Waals surface area contributed by atoms with Crippen LogP contribution in [0.1, 0.15) is 12.8 Å². The lowest BCUT2D eigenvalue weighted by molar-refractivity contribution is -0.141. The minimum absolute atomic E-state index is 0.00311. The average Bonchev–Trinajstić information content (AvgIpc) is 2.71. The summed E-state index contributed by atoms with van der Waals surface area (Å²) in [6.07, 6.45) is 1.58. The molecule has 0 aromatic heterocycles. The van der Waals surface area contributed by atoms with E-state index in [4.69, 9.17) is 9.47 Å². The van der Waals surface area contributed by atoms with Gasteiger partial charge in [0.25, 0.3) is 5.91 Å². The van der Waals surface area contributed by atoms with Gasteiger partial charge in [-0.1, -0.05) is 12.1 Å². The monoisotopic (exact) mass is 370 g/mol. The first-order chi connectivity index (χ1) is 13.1. The Hall–Kier alpha value is -2.60. The predicted octanol–water partition coefficient (Wildman–Crippen LogP) is 3.24. The molecule has 2 saturated heterocycles. The van der Waals surface area contributed by atoms with Crippen LogP contribution in [0.4, 0.5) is 15.8 Å². The Bertz CT molecular complexity index is 816. The molecule has 0 saturated carbocycles. The highest BCUT2D eigenvalue weighted by molar-refractivity contribution is 5.95. The van der Waals surface area contributed by atoms with Gasteiger partial charge in [0, 0.05) is 18.8 Å². The summed E-state index contributed by atoms with van der Waals surface area (Å²) in [5.74, 6) is 0.267. The molecule has 2 aliphatic rings. The number of piperidine rings is 1. The van der Waals surface area contributed by atoms with Crippen molar-refractivity contribution in [2.45, 2.75) is 18.4 Å². The van der Waals surface area contributed by atoms with Crippen molar-refractivity contribution < 1.29 is 18.7 Å². The number of carbonyl (C=O) groups excluding carboxylic acids is 1. The van der Waals surface area contributed by atoms with E-state index >= 15 is 0 Å². The van der Waals surface area contributed by atoms with Crippen LogP contribution >= 0.6 is 0 Å². The van der Waals surface area contributed by atoms with Crippen molar-refractivity contribution in [3.63, 3.8) is 0 Å². The van der Waals surface area contributed by atoms with Gasteiger partial charge in [-0.3, -0.25) is 4.79 Å². The van der Waals surface area contributed by atoms with Crippen LogP contribution in [0.3, 0.4) is 0 Å². The molecular formula is C21H23FN2O3. The van der Waals surface area contributed by atoms with Crippen molar-refractivity contribution >= 4 is 17.3 Å². The lowest BCUT2D eigenvalue weighted by Gasteiger charge is -2.47. The molecule has 0 unspecified atom stereocenters. The fraction of sp³-hybridized carbons (Fsp3) is 0.381. The highest BCUT2D eigenvalue weighted by atomic mass is 19.1. The first-order valence-corrected chi connectivity index (χ1v) is 9.18. The summed E-state index contributed by atoms with van der Waals surface area (Å²) in [7, 11) is 1.66. The van der Waals surface area contributed by atoms with E-state index in [2.05, 4.69) is 4.90 Å². The molecule has 2 aliphatic heterocycles. The second-order valence-corrected chi connectivity index (χ2v) is 7.09. The molecule has 0 radical (unpaired) electrons. The number of amides is 1. The SMILES string of the molecule is COc1ccc(N2CCC3(CC2)CN(c2ccccc2F)C(=O)CO3)cc1. The van der Waals surface area contributed by atoms with Crippen molar-refractivity contribution in [2.24, 2.45) is 0 Å². The van der Waals surface area contributed by atoms with Gasteiger partial charge in [0.1, 0.15) is 18.2 Å². The molecule has 2 fully saturated rings. The van der Waals surface area contributed by atoms with Crippen LogP contribution in [-0.4, -0.2) is 44.9 Å². The second-order valence-electron chi connectivity index (χ2n) is 7.09. The minimum atomic E-state index is -0.417. The predicted molar refractivity (Wildman–Crippen MR) is 102 cm³/mol. The van der Waals surface area contributed by atoms with Crippen LogP contribution in [0.15, 0.2) is 48.5 Å². The molecule has 0 bridgehead atoms. The topological polar surface area (TPSA) is 42.0 Å². The average molecular weight is 370 g/mol. The van der Waals surface area contributed by atoms with Gasteiger partial charge in [0.2, 0.25) is 0 Å². The number of nitrogens with zero attached hydrogens (tertiary/aromatic N) is 2. The van der Waals surface area contributed by atoms with E-state index in [1.807, 2.05) is 24.3 Å². The van der Waals surface area contributed by atoms with Crippen molar-refractivity contribution in [1.29, 1.82) is 0 Å². The maximum absolute atomic E-state index is 14.2. The molecule has 2 heterocycles. The molecule has 4 rings (SSSR count). The van der Waals surface area contributed by atoms with Crippen molar-refractivity contribution in [3.8, 4) is 5.75 Å². The number of halogens is 1. The Labute approximate surface area is 158 Å². The Morgan fingerprint density at radius 3 is 2.44 bits per heavy atom. The number of ether oxygens (including phenoxy) is 2. The Morgan fingerprint density at radius 1 is 1.07 bits per heavy atom. The standard InChI is InChI=1S/C21H23FN2O3/c1-26-17-8-6-16(7-9-17)23-12-10-21(11-13-23)15-24(20(25)14-27-21)19-5-3-2-4-18(19)22/h2-9H,10-15H2,1H3. The van der Waals surface area contributed by atoms with Gasteiger partial charge >= 0.3 is 0 Å². The summed E-state index contributed by atoms with van der Waals surface area (Å²) in [5, 5.41) is 0. The summed E-state index contributed by atoms with van der Waals surface area (Å²) in [6, 6.07) is 14.4. The zero-order valence-corrected chi connectivity index (χ0v) is 15.4. The molecule has 2 aromatic rings. The van der Waals surface area contributed by atoms with Gasteiger partial charge in [-0.05, 0) is 49.2 Å². The van der Waals surface area contributed by atoms with Gasteiger partial charge in [-0.2, -0.15) is 0 Å². The van der Waals surface area contributed by atoms with Crippen LogP contribution in [0.25, 0.3) is 0 Å². The zero-order valence-electron chi connectivity index (χ0n) is 15.4. The fourth-order valence-corrected chi connectivity index (χ4v) is 3.87. The Balaban J connectivity index is 1.47. The normalized spacial score (nSPS) is 19.4. The largest absolute Gasteiger partial charge is 0.497 e. The van der Waals surface area contributed by atoms with E-state index in [0.29, 0.717) is 12.2 Å². The highest BCUT2D eigenvalue weighted by Gasteiger charge is 2.43. The van der Waals surface area contributed by atoms with Crippen LogP contribution in [0.5, 0.6) is 5.75 Å². The third kappa shape index (κ3) is 3.49. The lowest BCUT2D eigenvalue weighted by atomic mass is 9.88. The summed E-state index contributed by atoms with van der Waals surface area (Å²) < 4.78 is 25.4. The molecular weight excluding hydrogens is 347 g/mol. The first kappa shape index (κ1) is 17.8. The summed E-state index contributed by atoms with van der Waals surface area (Å²) in [5.41, 5.74) is 1.06. The number of para-hydroxylation sites is 1. The molecule has 142 valence electrons. The van der Waals surface area contributed by atoms with Crippen molar-refractivity contribution in [2.75, 3.05) is 43.2 Å². The smallest absolute Gasteiger partial charge is 0.253 e. The molecule has 6 heteroatoms. The molecule has 0 N–H and O–H groups in total. The summed E-state index contributed by atoms with van der Waals surface area (Å²) in [6.45, 7) is 2.04. The Morgan fingerprint density at radius 2 is 1.78 bits per heavy atom. The number of methoxy groups -OCH3 is 1. The minimum Gasteiger partial charge on any atom is -0.497 e. The number of benzene rings is 2. The van der Waals surface area contributed by atoms with Crippen LogP contribution < -0.4 is 14.5 Å². The molecule has 1 amide bonds. The number of hydrogen-bond acceptors (Lipinski definition) is 4. The highest BCUT2D eigenvalue weighted by Crippen LogP contribution is 2.35. The van der Waals surface area contributed by atoms with E-state index in [1.54, 1.807) is 30.2 Å². The maximum Gasteiger partial charge on any atom is 0.253 e. The summed E-state index contributed by atoms with van der Waals surface area (Å²) >= 11 is 0. The van der Waals surface area contributed by atoms with Crippen LogP contribution in [0.2, 0.25) is 0 Å². The van der Waals surface area contributed by atoms with Crippen LogP contribution in [-0.2, 0) is 9.53 Å². The van der Waals surface area contributed by atoms with Gasteiger partial charge in [-0.25, -0.2) is 4.39 Å². The number of morpholine rings is 1. The Kier molecular flexibility index (Phi) is 4.74. The van der Waals surface area contributed by atoms with E-state index in [0.717, 1.165) is 37.4 Å². The third-order valence-electron chi connectivity index (χ3n) is 5.50. The molecule has 5 nitrogen and oxygen atoms in total. The number of carbonyl (C=O) groups is 1. The fourth-order valence-electron chi connectivity index (χ4n) is 3.87. The van der Waals surface area contributed by atoms with E-state index < -0.39 is 5.60 Å². The molecule has 0 aliphatic carbocycles. The molecule has 2 aromatic carbocycles. The quantitative estimate of drug-likeness (QED) is 0.832. The summed E-state index contributed by atoms with van der Waals surface area (Å²) in [4.78, 5) is 16.2. The molecule has 27 heavy (non-hydrogen) atoms. The van der Waals surface area contributed by atoms with Crippen LogP contribution in [0, 0.1) is 5.82 Å². The number of hydrogen-bond donors (Lipinski definition) is 0. The van der Waals surface area contributed by atoms with Gasteiger partial charge in [0.05, 0.1) is 24.9 Å². The van der Waals surface area contributed by atoms with Crippen molar-refractivity contribution in [1.82, 2.24) is 0 Å². The number of rotatable bonds is 3. The van der Waals surface area contributed by atoms with E-state index in [1.165, 1.54) is 6.07 Å². The zero-order chi connectivity index (χ0) is 18.9. The third-order valence-corrected chi connectivity index (χ3v) is 5.50. The number of anilines is 2. The maximum atomic E-state index is 14.2. The van der Waals surface area contributed by atoms with Gasteiger partial charge < -0.3 is 19.3 Å². The van der Waals surface area contributed by atoms with Gasteiger partial charge in [-0.15, -0.1) is 0 Å². The molecule has 1 spiro atoms. The first-order valence-electron chi connectivity index (χ1n) is 9.18. The van der Waals surface area contributed by atoms with E-state index in [-0.39, 0.29) is 18.3 Å². The van der Waals surface area contributed by atoms with E-state index in [9.17, 15) is 9.18 Å². The lowest BCUT2D eigenvalue weighted by Crippen LogP contribution is -2.59. The second kappa shape index (κ2) is 7.19. The van der Waals surface area contributed by atoms with Gasteiger partial charge in [0.15, 0.2) is 0 Å². The van der Waals surface area contributed by atoms with Crippen molar-refractivity contribution in [3.05, 3.63) is 54.3 Å².